The molecule has 0 atom stereocenters. The number of halogens is 2. The molecule has 0 aliphatic heterocycles. The zero-order chi connectivity index (χ0) is 20.5. The number of para-hydroxylation sites is 1. The van der Waals surface area contributed by atoms with Gasteiger partial charge in [-0.15, -0.1) is 0 Å². The average molecular weight is 410 g/mol. The maximum Gasteiger partial charge on any atom is 0.338 e. The third kappa shape index (κ3) is 5.85. The molecule has 1 amide bonds. The first kappa shape index (κ1) is 21.5. The van der Waals surface area contributed by atoms with Crippen molar-refractivity contribution in [3.8, 4) is 11.5 Å². The number of carbonyl (C=O) groups is 2. The molecule has 0 aliphatic carbocycles. The van der Waals surface area contributed by atoms with Crippen molar-refractivity contribution < 1.29 is 28.2 Å². The summed E-state index contributed by atoms with van der Waals surface area (Å²) in [5.74, 6) is -1.37. The Morgan fingerprint density at radius 3 is 2.57 bits per heavy atom. The molecule has 0 fully saturated rings. The van der Waals surface area contributed by atoms with Gasteiger partial charge < -0.3 is 19.5 Å². The van der Waals surface area contributed by atoms with Crippen LogP contribution in [0.1, 0.15) is 30.6 Å². The van der Waals surface area contributed by atoms with Gasteiger partial charge in [0.2, 0.25) is 0 Å². The lowest BCUT2D eigenvalue weighted by molar-refractivity contribution is -0.119. The van der Waals surface area contributed by atoms with Crippen LogP contribution in [-0.4, -0.2) is 31.7 Å². The van der Waals surface area contributed by atoms with Crippen molar-refractivity contribution in [1.29, 1.82) is 0 Å². The zero-order valence-corrected chi connectivity index (χ0v) is 16.3. The first-order chi connectivity index (χ1) is 13.5. The smallest absolute Gasteiger partial charge is 0.338 e. The van der Waals surface area contributed by atoms with Gasteiger partial charge in [-0.3, -0.25) is 4.79 Å². The van der Waals surface area contributed by atoms with E-state index in [9.17, 15) is 14.0 Å². The second kappa shape index (κ2) is 10.5. The molecule has 0 aliphatic rings. The van der Waals surface area contributed by atoms with E-state index in [1.165, 1.54) is 30.3 Å². The molecule has 2 aromatic carbocycles. The highest BCUT2D eigenvalue weighted by molar-refractivity contribution is 6.32. The molecule has 28 heavy (non-hydrogen) atoms. The van der Waals surface area contributed by atoms with Crippen molar-refractivity contribution in [3.63, 3.8) is 0 Å². The molecule has 0 bridgehead atoms. The van der Waals surface area contributed by atoms with Gasteiger partial charge >= 0.3 is 5.97 Å². The van der Waals surface area contributed by atoms with Gasteiger partial charge in [-0.25, -0.2) is 9.18 Å². The number of benzene rings is 2. The molecule has 0 saturated carbocycles. The van der Waals surface area contributed by atoms with Gasteiger partial charge in [0.1, 0.15) is 5.82 Å². The van der Waals surface area contributed by atoms with E-state index in [0.717, 1.165) is 6.42 Å². The monoisotopic (exact) mass is 409 g/mol. The number of hydrogen-bond acceptors (Lipinski definition) is 5. The molecular formula is C20H21ClFNO5. The predicted molar refractivity (Wildman–Crippen MR) is 104 cm³/mol. The molecule has 0 spiro atoms. The molecule has 0 heterocycles. The van der Waals surface area contributed by atoms with Crippen molar-refractivity contribution in [2.24, 2.45) is 0 Å². The van der Waals surface area contributed by atoms with Crippen LogP contribution >= 0.6 is 11.6 Å². The van der Waals surface area contributed by atoms with E-state index in [1.807, 2.05) is 6.92 Å². The molecule has 6 nitrogen and oxygen atoms in total. The van der Waals surface area contributed by atoms with E-state index in [-0.39, 0.29) is 16.3 Å². The average Bonchev–Trinajstić information content (AvgIpc) is 2.67. The minimum Gasteiger partial charge on any atom is -0.490 e. The predicted octanol–water partition coefficient (Wildman–Crippen LogP) is 4.46. The largest absolute Gasteiger partial charge is 0.490 e. The van der Waals surface area contributed by atoms with Crippen molar-refractivity contribution in [1.82, 2.24) is 0 Å². The summed E-state index contributed by atoms with van der Waals surface area (Å²) in [5.41, 5.74) is 0.110. The van der Waals surface area contributed by atoms with E-state index in [0.29, 0.717) is 24.7 Å². The molecular weight excluding hydrogens is 389 g/mol. The third-order valence-corrected chi connectivity index (χ3v) is 3.76. The number of esters is 1. The van der Waals surface area contributed by atoms with Gasteiger partial charge in [0.15, 0.2) is 18.1 Å². The molecule has 0 aromatic heterocycles. The number of nitrogens with one attached hydrogen (secondary N) is 1. The van der Waals surface area contributed by atoms with Gasteiger partial charge in [-0.1, -0.05) is 30.7 Å². The Hall–Kier alpha value is -2.80. The first-order valence-corrected chi connectivity index (χ1v) is 9.14. The van der Waals surface area contributed by atoms with E-state index in [1.54, 1.807) is 13.0 Å². The second-order valence-corrected chi connectivity index (χ2v) is 6.08. The normalized spacial score (nSPS) is 10.3. The van der Waals surface area contributed by atoms with Crippen LogP contribution < -0.4 is 14.8 Å². The van der Waals surface area contributed by atoms with E-state index >= 15 is 0 Å². The van der Waals surface area contributed by atoms with Crippen LogP contribution in [0.5, 0.6) is 11.5 Å². The minimum atomic E-state index is -0.770. The quantitative estimate of drug-likeness (QED) is 0.619. The Kier molecular flexibility index (Phi) is 8.07. The lowest BCUT2D eigenvalue weighted by Crippen LogP contribution is -2.21. The topological polar surface area (TPSA) is 73.9 Å². The molecule has 0 saturated heterocycles. The van der Waals surface area contributed by atoms with Gasteiger partial charge in [-0.05, 0) is 37.6 Å². The number of rotatable bonds is 9. The molecule has 1 N–H and O–H groups in total. The van der Waals surface area contributed by atoms with Crippen molar-refractivity contribution in [2.45, 2.75) is 20.3 Å². The maximum absolute atomic E-state index is 13.5. The van der Waals surface area contributed by atoms with Gasteiger partial charge in [-0.2, -0.15) is 0 Å². The Bertz CT molecular complexity index is 843. The van der Waals surface area contributed by atoms with Crippen LogP contribution in [0.3, 0.4) is 0 Å². The zero-order valence-electron chi connectivity index (χ0n) is 15.6. The lowest BCUT2D eigenvalue weighted by Gasteiger charge is -2.14. The van der Waals surface area contributed by atoms with Crippen LogP contribution in [0.15, 0.2) is 36.4 Å². The van der Waals surface area contributed by atoms with Crippen molar-refractivity contribution in [2.75, 3.05) is 25.1 Å². The first-order valence-electron chi connectivity index (χ1n) is 8.76. The minimum absolute atomic E-state index is 0.00245. The van der Waals surface area contributed by atoms with Crippen molar-refractivity contribution >= 4 is 29.2 Å². The van der Waals surface area contributed by atoms with Crippen LogP contribution in [0.25, 0.3) is 0 Å². The Morgan fingerprint density at radius 1 is 1.14 bits per heavy atom. The summed E-state index contributed by atoms with van der Waals surface area (Å²) in [6.07, 6.45) is 0.781. The van der Waals surface area contributed by atoms with Crippen molar-refractivity contribution in [3.05, 3.63) is 52.8 Å². The maximum atomic E-state index is 13.5. The standard InChI is InChI=1S/C20H21ClFNO5/c1-3-9-27-19-14(21)10-13(11-17(19)26-4-2)20(25)28-12-18(24)23-16-8-6-5-7-15(16)22/h5-8,10-11H,3-4,9,12H2,1-2H3,(H,23,24). The Morgan fingerprint density at radius 2 is 1.89 bits per heavy atom. The second-order valence-electron chi connectivity index (χ2n) is 5.67. The molecule has 8 heteroatoms. The fourth-order valence-corrected chi connectivity index (χ4v) is 2.52. The van der Waals surface area contributed by atoms with Gasteiger partial charge in [0.25, 0.3) is 5.91 Å². The Balaban J connectivity index is 2.05. The van der Waals surface area contributed by atoms with E-state index in [2.05, 4.69) is 5.32 Å². The summed E-state index contributed by atoms with van der Waals surface area (Å²) in [7, 11) is 0. The van der Waals surface area contributed by atoms with Crippen LogP contribution in [0.2, 0.25) is 5.02 Å². The Labute approximate surface area is 167 Å². The lowest BCUT2D eigenvalue weighted by atomic mass is 10.2. The highest BCUT2D eigenvalue weighted by Crippen LogP contribution is 2.37. The van der Waals surface area contributed by atoms with Crippen LogP contribution in [0.4, 0.5) is 10.1 Å². The summed E-state index contributed by atoms with van der Waals surface area (Å²) in [6.45, 7) is 3.95. The summed E-state index contributed by atoms with van der Waals surface area (Å²) >= 11 is 6.20. The number of hydrogen-bond donors (Lipinski definition) is 1. The van der Waals surface area contributed by atoms with E-state index < -0.39 is 24.3 Å². The van der Waals surface area contributed by atoms with E-state index in [4.69, 9.17) is 25.8 Å². The SMILES string of the molecule is CCCOc1c(Cl)cc(C(=O)OCC(=O)Nc2ccccc2F)cc1OCC. The fraction of sp³-hybridized carbons (Fsp3) is 0.300. The van der Waals surface area contributed by atoms with Crippen LogP contribution in [-0.2, 0) is 9.53 Å². The van der Waals surface area contributed by atoms with Crippen LogP contribution in [0, 0.1) is 5.82 Å². The molecule has 2 rings (SSSR count). The fourth-order valence-electron chi connectivity index (χ4n) is 2.26. The highest BCUT2D eigenvalue weighted by atomic mass is 35.5. The third-order valence-electron chi connectivity index (χ3n) is 3.48. The molecule has 150 valence electrons. The molecule has 0 radical (unpaired) electrons. The number of amides is 1. The highest BCUT2D eigenvalue weighted by Gasteiger charge is 2.18. The summed E-state index contributed by atoms with van der Waals surface area (Å²) in [6, 6.07) is 8.51. The number of anilines is 1. The van der Waals surface area contributed by atoms with Gasteiger partial charge in [0, 0.05) is 0 Å². The number of carbonyl (C=O) groups excluding carboxylic acids is 2. The summed E-state index contributed by atoms with van der Waals surface area (Å²) < 4.78 is 29.6. The molecule has 2 aromatic rings. The number of ether oxygens (including phenoxy) is 3. The molecule has 0 unspecified atom stereocenters. The summed E-state index contributed by atoms with van der Waals surface area (Å²) in [5, 5.41) is 2.53. The van der Waals surface area contributed by atoms with Gasteiger partial charge in [0.05, 0.1) is 29.5 Å². The summed E-state index contributed by atoms with van der Waals surface area (Å²) in [4.78, 5) is 24.2.